The third-order valence-corrected chi connectivity index (χ3v) is 4.66. The largest absolute Gasteiger partial charge is 0.438 e. The minimum absolute atomic E-state index is 0.00183. The second kappa shape index (κ2) is 7.91. The van der Waals surface area contributed by atoms with E-state index in [9.17, 15) is 13.6 Å². The topological polar surface area (TPSA) is 54.6 Å². The Morgan fingerprint density at radius 3 is 2.50 bits per heavy atom. The van der Waals surface area contributed by atoms with Crippen LogP contribution in [0.1, 0.15) is 21.5 Å². The van der Waals surface area contributed by atoms with Crippen molar-refractivity contribution in [1.82, 2.24) is 0 Å². The molecule has 1 N–H and O–H groups in total. The van der Waals surface area contributed by atoms with Gasteiger partial charge in [-0.2, -0.15) is 0 Å². The number of benzene rings is 3. The summed E-state index contributed by atoms with van der Waals surface area (Å²) in [7, 11) is 0. The van der Waals surface area contributed by atoms with Crippen molar-refractivity contribution in [2.75, 3.05) is 5.32 Å². The first-order valence-corrected chi connectivity index (χ1v) is 9.32. The van der Waals surface area contributed by atoms with Gasteiger partial charge in [-0.25, -0.2) is 13.8 Å². The number of nitrogens with zero attached hydrogens (tertiary/aromatic N) is 1. The van der Waals surface area contributed by atoms with Gasteiger partial charge in [0.05, 0.1) is 5.69 Å². The van der Waals surface area contributed by atoms with E-state index in [0.29, 0.717) is 16.7 Å². The Balaban J connectivity index is 1.84. The van der Waals surface area contributed by atoms with Crippen LogP contribution >= 0.6 is 0 Å². The zero-order valence-corrected chi connectivity index (χ0v) is 16.4. The van der Waals surface area contributed by atoms with Gasteiger partial charge in [0.25, 0.3) is 5.91 Å². The number of para-hydroxylation sites is 1. The highest BCUT2D eigenvalue weighted by atomic mass is 19.2. The van der Waals surface area contributed by atoms with Crippen molar-refractivity contribution in [3.05, 3.63) is 101 Å². The van der Waals surface area contributed by atoms with Crippen molar-refractivity contribution >= 4 is 28.3 Å². The number of hydrogen-bond acceptors (Lipinski definition) is 3. The molecule has 6 heteroatoms. The monoisotopic (exact) mass is 404 g/mol. The second-order valence-corrected chi connectivity index (χ2v) is 6.99. The highest BCUT2D eigenvalue weighted by Crippen LogP contribution is 2.20. The Bertz CT molecular complexity index is 1340. The molecular weight excluding hydrogens is 386 g/mol. The predicted molar refractivity (Wildman–Crippen MR) is 112 cm³/mol. The molecule has 3 aromatic carbocycles. The lowest BCUT2D eigenvalue weighted by Gasteiger charge is -2.10. The fourth-order valence-electron chi connectivity index (χ4n) is 3.13. The van der Waals surface area contributed by atoms with Gasteiger partial charge in [0, 0.05) is 17.1 Å². The third kappa shape index (κ3) is 3.98. The molecule has 0 fully saturated rings. The number of carbonyl (C=O) groups is 1. The van der Waals surface area contributed by atoms with Crippen LogP contribution in [0.25, 0.3) is 11.0 Å². The Hall–Kier alpha value is -3.80. The Morgan fingerprint density at radius 2 is 1.73 bits per heavy atom. The molecule has 4 rings (SSSR count). The first kappa shape index (κ1) is 19.5. The molecule has 1 aromatic heterocycles. The first-order valence-electron chi connectivity index (χ1n) is 9.32. The highest BCUT2D eigenvalue weighted by Gasteiger charge is 2.14. The standard InChI is InChI=1S/C24H18F2N2O2/c1-14-7-10-21(15(2)11-14)28-23(29)18-12-16-5-3-4-6-22(16)30-24(18)27-17-8-9-19(25)20(26)13-17/h3-13H,1-2H3,(H,28,29). The van der Waals surface area contributed by atoms with E-state index in [1.54, 1.807) is 18.2 Å². The summed E-state index contributed by atoms with van der Waals surface area (Å²) in [5.41, 5.74) is 3.49. The van der Waals surface area contributed by atoms with E-state index in [0.717, 1.165) is 23.3 Å². The van der Waals surface area contributed by atoms with Gasteiger partial charge in [-0.15, -0.1) is 0 Å². The minimum atomic E-state index is -1.03. The number of anilines is 1. The van der Waals surface area contributed by atoms with E-state index in [4.69, 9.17) is 4.42 Å². The summed E-state index contributed by atoms with van der Waals surface area (Å²) in [6.45, 7) is 3.87. The quantitative estimate of drug-likeness (QED) is 0.468. The van der Waals surface area contributed by atoms with Crippen LogP contribution in [-0.4, -0.2) is 5.91 Å². The van der Waals surface area contributed by atoms with Crippen LogP contribution in [0.2, 0.25) is 0 Å². The molecule has 4 aromatic rings. The van der Waals surface area contributed by atoms with Crippen molar-refractivity contribution in [2.24, 2.45) is 4.99 Å². The molecule has 0 aliphatic heterocycles. The van der Waals surface area contributed by atoms with Crippen molar-refractivity contribution in [3.8, 4) is 0 Å². The lowest BCUT2D eigenvalue weighted by Crippen LogP contribution is -2.22. The normalized spacial score (nSPS) is 11.7. The van der Waals surface area contributed by atoms with E-state index in [-0.39, 0.29) is 16.8 Å². The van der Waals surface area contributed by atoms with Crippen LogP contribution in [0.5, 0.6) is 0 Å². The number of amides is 1. The number of aryl methyl sites for hydroxylation is 2. The summed E-state index contributed by atoms with van der Waals surface area (Å²) in [4.78, 5) is 17.3. The maximum atomic E-state index is 13.6. The van der Waals surface area contributed by atoms with E-state index in [1.165, 1.54) is 6.07 Å². The van der Waals surface area contributed by atoms with Crippen LogP contribution in [0.4, 0.5) is 20.2 Å². The molecule has 0 radical (unpaired) electrons. The number of hydrogen-bond donors (Lipinski definition) is 1. The molecule has 1 heterocycles. The lowest BCUT2D eigenvalue weighted by molar-refractivity contribution is 0.102. The zero-order valence-electron chi connectivity index (χ0n) is 16.4. The molecule has 0 bridgehead atoms. The molecule has 0 atom stereocenters. The predicted octanol–water partition coefficient (Wildman–Crippen LogP) is 5.81. The van der Waals surface area contributed by atoms with Gasteiger partial charge in [0.2, 0.25) is 5.55 Å². The van der Waals surface area contributed by atoms with Gasteiger partial charge < -0.3 is 9.73 Å². The molecule has 0 aliphatic rings. The molecule has 0 saturated carbocycles. The van der Waals surface area contributed by atoms with E-state index in [2.05, 4.69) is 10.3 Å². The van der Waals surface area contributed by atoms with Crippen molar-refractivity contribution in [1.29, 1.82) is 0 Å². The van der Waals surface area contributed by atoms with E-state index < -0.39 is 17.5 Å². The van der Waals surface area contributed by atoms with Crippen molar-refractivity contribution in [3.63, 3.8) is 0 Å². The molecule has 0 aliphatic carbocycles. The maximum absolute atomic E-state index is 13.6. The fraction of sp³-hybridized carbons (Fsp3) is 0.0833. The third-order valence-electron chi connectivity index (χ3n) is 4.66. The maximum Gasteiger partial charge on any atom is 0.261 e. The zero-order chi connectivity index (χ0) is 21.3. The van der Waals surface area contributed by atoms with Gasteiger partial charge in [-0.05, 0) is 49.7 Å². The summed E-state index contributed by atoms with van der Waals surface area (Å²) in [6, 6.07) is 17.8. The fourth-order valence-corrected chi connectivity index (χ4v) is 3.13. The molecule has 4 nitrogen and oxygen atoms in total. The van der Waals surface area contributed by atoms with Crippen LogP contribution < -0.4 is 10.9 Å². The number of rotatable bonds is 3. The summed E-state index contributed by atoms with van der Waals surface area (Å²) in [6.07, 6.45) is 0. The molecule has 150 valence electrons. The first-order chi connectivity index (χ1) is 14.4. The van der Waals surface area contributed by atoms with Crippen molar-refractivity contribution < 1.29 is 18.0 Å². The van der Waals surface area contributed by atoms with Gasteiger partial charge in [-0.3, -0.25) is 4.79 Å². The van der Waals surface area contributed by atoms with Crippen LogP contribution in [0, 0.1) is 25.5 Å². The molecule has 0 spiro atoms. The average molecular weight is 404 g/mol. The Morgan fingerprint density at radius 1 is 0.933 bits per heavy atom. The number of nitrogens with one attached hydrogen (secondary N) is 1. The van der Waals surface area contributed by atoms with Crippen LogP contribution in [0.3, 0.4) is 0 Å². The van der Waals surface area contributed by atoms with Gasteiger partial charge >= 0.3 is 0 Å². The summed E-state index contributed by atoms with van der Waals surface area (Å²) >= 11 is 0. The second-order valence-electron chi connectivity index (χ2n) is 6.99. The summed E-state index contributed by atoms with van der Waals surface area (Å²) < 4.78 is 32.7. The summed E-state index contributed by atoms with van der Waals surface area (Å²) in [5.74, 6) is -2.42. The molecular formula is C24H18F2N2O2. The highest BCUT2D eigenvalue weighted by molar-refractivity contribution is 6.05. The SMILES string of the molecule is Cc1ccc(NC(=O)c2cc3ccccc3oc2=Nc2ccc(F)c(F)c2)c(C)c1. The van der Waals surface area contributed by atoms with Crippen molar-refractivity contribution in [2.45, 2.75) is 13.8 Å². The minimum Gasteiger partial charge on any atom is -0.438 e. The Labute approximate surface area is 171 Å². The number of carbonyl (C=O) groups excluding carboxylic acids is 1. The van der Waals surface area contributed by atoms with Crippen LogP contribution in [-0.2, 0) is 0 Å². The molecule has 30 heavy (non-hydrogen) atoms. The Kier molecular flexibility index (Phi) is 5.14. The smallest absolute Gasteiger partial charge is 0.261 e. The molecule has 1 amide bonds. The van der Waals surface area contributed by atoms with Gasteiger partial charge in [0.1, 0.15) is 11.1 Å². The lowest BCUT2D eigenvalue weighted by atomic mass is 10.1. The summed E-state index contributed by atoms with van der Waals surface area (Å²) in [5, 5.41) is 3.59. The van der Waals surface area contributed by atoms with E-state index in [1.807, 2.05) is 44.2 Å². The number of fused-ring (bicyclic) bond motifs is 1. The molecule has 0 unspecified atom stereocenters. The average Bonchev–Trinajstić information content (AvgIpc) is 2.72. The van der Waals surface area contributed by atoms with Gasteiger partial charge in [0.15, 0.2) is 11.6 Å². The molecule has 0 saturated heterocycles. The van der Waals surface area contributed by atoms with Gasteiger partial charge in [-0.1, -0.05) is 35.9 Å². The van der Waals surface area contributed by atoms with E-state index >= 15 is 0 Å². The number of halogens is 2. The van der Waals surface area contributed by atoms with Crippen LogP contribution in [0.15, 0.2) is 76.1 Å².